The third kappa shape index (κ3) is 4.72. The van der Waals surface area contributed by atoms with Gasteiger partial charge in [0.15, 0.2) is 0 Å². The third-order valence-electron chi connectivity index (χ3n) is 5.40. The average molecular weight is 367 g/mol. The van der Waals surface area contributed by atoms with Gasteiger partial charge in [-0.25, -0.2) is 9.97 Å². The minimum atomic E-state index is -0.165. The first kappa shape index (κ1) is 19.5. The fourth-order valence-corrected chi connectivity index (χ4v) is 4.04. The molecule has 1 aromatic heterocycles. The van der Waals surface area contributed by atoms with E-state index in [-0.39, 0.29) is 16.9 Å². The highest BCUT2D eigenvalue weighted by molar-refractivity contribution is 5.93. The second-order valence-corrected chi connectivity index (χ2v) is 7.93. The van der Waals surface area contributed by atoms with Gasteiger partial charge in [-0.1, -0.05) is 37.3 Å². The number of nitrogens with zero attached hydrogens (tertiary/aromatic N) is 2. The summed E-state index contributed by atoms with van der Waals surface area (Å²) in [5.74, 6) is 0.631. The van der Waals surface area contributed by atoms with Gasteiger partial charge in [0.05, 0.1) is 11.2 Å². The van der Waals surface area contributed by atoms with Crippen LogP contribution in [0.15, 0.2) is 42.7 Å². The Balaban J connectivity index is 1.69. The average Bonchev–Trinajstić information content (AvgIpc) is 2.68. The molecule has 0 spiro atoms. The Morgan fingerprint density at radius 2 is 1.89 bits per heavy atom. The maximum atomic E-state index is 12.4. The molecule has 1 N–H and O–H groups in total. The van der Waals surface area contributed by atoms with E-state index in [1.807, 2.05) is 13.0 Å². The van der Waals surface area contributed by atoms with Crippen molar-refractivity contribution in [3.8, 4) is 0 Å². The summed E-state index contributed by atoms with van der Waals surface area (Å²) in [5.41, 5.74) is 1.68. The minimum Gasteiger partial charge on any atom is -0.376 e. The van der Waals surface area contributed by atoms with Gasteiger partial charge < -0.3 is 10.1 Å². The number of benzene rings is 1. The topological polar surface area (TPSA) is 64.1 Å². The molecule has 144 valence electrons. The molecule has 3 rings (SSSR count). The summed E-state index contributed by atoms with van der Waals surface area (Å²) in [6, 6.07) is 10.6. The fourth-order valence-electron chi connectivity index (χ4n) is 4.04. The Hall–Kier alpha value is -2.27. The van der Waals surface area contributed by atoms with Gasteiger partial charge in [0.25, 0.3) is 5.91 Å². The Labute approximate surface area is 161 Å². The maximum Gasteiger partial charge on any atom is 0.254 e. The molecule has 1 unspecified atom stereocenters. The van der Waals surface area contributed by atoms with Crippen LogP contribution in [0.2, 0.25) is 0 Å². The maximum absolute atomic E-state index is 12.4. The van der Waals surface area contributed by atoms with Crippen LogP contribution in [0.25, 0.3) is 0 Å². The van der Waals surface area contributed by atoms with Crippen LogP contribution in [-0.2, 0) is 16.6 Å². The van der Waals surface area contributed by atoms with Gasteiger partial charge in [0.1, 0.15) is 5.82 Å². The number of ether oxygens (including phenoxy) is 1. The molecule has 1 fully saturated rings. The molecule has 2 aromatic rings. The lowest BCUT2D eigenvalue weighted by atomic mass is 9.67. The van der Waals surface area contributed by atoms with Crippen molar-refractivity contribution in [1.29, 1.82) is 0 Å². The lowest BCUT2D eigenvalue weighted by Crippen LogP contribution is -2.45. The van der Waals surface area contributed by atoms with Crippen LogP contribution in [0.1, 0.15) is 61.8 Å². The largest absolute Gasteiger partial charge is 0.376 e. The van der Waals surface area contributed by atoms with Gasteiger partial charge in [-0.15, -0.1) is 0 Å². The van der Waals surface area contributed by atoms with Crippen molar-refractivity contribution < 1.29 is 9.53 Å². The first-order valence-electron chi connectivity index (χ1n) is 9.73. The molecule has 1 amide bonds. The van der Waals surface area contributed by atoms with E-state index in [1.54, 1.807) is 12.4 Å². The van der Waals surface area contributed by atoms with Gasteiger partial charge >= 0.3 is 0 Å². The van der Waals surface area contributed by atoms with Crippen molar-refractivity contribution in [3.05, 3.63) is 59.7 Å². The highest BCUT2D eigenvalue weighted by atomic mass is 16.5. The van der Waals surface area contributed by atoms with Crippen LogP contribution in [0.5, 0.6) is 0 Å². The van der Waals surface area contributed by atoms with Crippen LogP contribution >= 0.6 is 0 Å². The first-order chi connectivity index (χ1) is 12.9. The molecule has 1 aromatic carbocycles. The zero-order valence-electron chi connectivity index (χ0n) is 16.5. The zero-order chi connectivity index (χ0) is 19.3. The van der Waals surface area contributed by atoms with Crippen molar-refractivity contribution in [2.75, 3.05) is 13.2 Å². The van der Waals surface area contributed by atoms with Crippen LogP contribution in [0.4, 0.5) is 0 Å². The Morgan fingerprint density at radius 1 is 1.19 bits per heavy atom. The Bertz CT molecular complexity index is 759. The first-order valence-corrected chi connectivity index (χ1v) is 9.73. The van der Waals surface area contributed by atoms with Gasteiger partial charge in [-0.3, -0.25) is 4.79 Å². The van der Waals surface area contributed by atoms with Gasteiger partial charge in [0.2, 0.25) is 0 Å². The number of amides is 1. The van der Waals surface area contributed by atoms with E-state index in [2.05, 4.69) is 53.4 Å². The monoisotopic (exact) mass is 367 g/mol. The standard InChI is InChI=1S/C22H29N3O2/c1-4-19-24-14-17(15-25-19)20(26)23-12-10-22(18-8-6-5-7-9-18)11-13-27-21(2,3)16-22/h5-9,14-15H,4,10-13,16H2,1-3H3,(H,23,26). The molecule has 0 radical (unpaired) electrons. The summed E-state index contributed by atoms with van der Waals surface area (Å²) in [6.07, 6.45) is 6.75. The molecular weight excluding hydrogens is 338 g/mol. The van der Waals surface area contributed by atoms with Crippen molar-refractivity contribution in [3.63, 3.8) is 0 Å². The number of aromatic nitrogens is 2. The van der Waals surface area contributed by atoms with Crippen molar-refractivity contribution in [2.45, 2.75) is 57.5 Å². The van der Waals surface area contributed by atoms with Crippen LogP contribution < -0.4 is 5.32 Å². The van der Waals surface area contributed by atoms with Gasteiger partial charge in [-0.2, -0.15) is 0 Å². The minimum absolute atomic E-state index is 0.0128. The Kier molecular flexibility index (Phi) is 5.90. The molecule has 1 aliphatic rings. The van der Waals surface area contributed by atoms with E-state index >= 15 is 0 Å². The predicted molar refractivity (Wildman–Crippen MR) is 106 cm³/mol. The van der Waals surface area contributed by atoms with E-state index in [0.717, 1.165) is 38.1 Å². The van der Waals surface area contributed by atoms with E-state index in [4.69, 9.17) is 4.74 Å². The molecular formula is C22H29N3O2. The van der Waals surface area contributed by atoms with Gasteiger partial charge in [0, 0.05) is 37.4 Å². The fraction of sp³-hybridized carbons (Fsp3) is 0.500. The van der Waals surface area contributed by atoms with Crippen molar-refractivity contribution in [1.82, 2.24) is 15.3 Å². The lowest BCUT2D eigenvalue weighted by molar-refractivity contribution is -0.0838. The van der Waals surface area contributed by atoms with E-state index in [9.17, 15) is 4.79 Å². The van der Waals surface area contributed by atoms with Crippen molar-refractivity contribution >= 4 is 5.91 Å². The summed E-state index contributed by atoms with van der Waals surface area (Å²) in [5, 5.41) is 3.05. The van der Waals surface area contributed by atoms with E-state index in [0.29, 0.717) is 12.1 Å². The number of hydrogen-bond donors (Lipinski definition) is 1. The molecule has 27 heavy (non-hydrogen) atoms. The number of nitrogens with one attached hydrogen (secondary N) is 1. The molecule has 1 atom stereocenters. The molecule has 0 aliphatic carbocycles. The lowest BCUT2D eigenvalue weighted by Gasteiger charge is -2.45. The number of carbonyl (C=O) groups excluding carboxylic acids is 1. The molecule has 1 aliphatic heterocycles. The number of carbonyl (C=O) groups is 1. The predicted octanol–water partition coefficient (Wildman–Crippen LogP) is 3.69. The molecule has 2 heterocycles. The van der Waals surface area contributed by atoms with Crippen LogP contribution in [0.3, 0.4) is 0 Å². The summed E-state index contributed by atoms with van der Waals surface area (Å²) < 4.78 is 5.96. The highest BCUT2D eigenvalue weighted by Gasteiger charge is 2.41. The zero-order valence-corrected chi connectivity index (χ0v) is 16.5. The molecule has 5 heteroatoms. The summed E-state index contributed by atoms with van der Waals surface area (Å²) >= 11 is 0. The number of hydrogen-bond acceptors (Lipinski definition) is 4. The molecule has 5 nitrogen and oxygen atoms in total. The van der Waals surface area contributed by atoms with E-state index in [1.165, 1.54) is 5.56 Å². The smallest absolute Gasteiger partial charge is 0.254 e. The second-order valence-electron chi connectivity index (χ2n) is 7.93. The normalized spacial score (nSPS) is 21.6. The number of aryl methyl sites for hydroxylation is 1. The van der Waals surface area contributed by atoms with Crippen LogP contribution in [-0.4, -0.2) is 34.6 Å². The Morgan fingerprint density at radius 3 is 2.52 bits per heavy atom. The van der Waals surface area contributed by atoms with Crippen LogP contribution in [0, 0.1) is 0 Å². The second kappa shape index (κ2) is 8.17. The van der Waals surface area contributed by atoms with E-state index < -0.39 is 0 Å². The van der Waals surface area contributed by atoms with Gasteiger partial charge in [-0.05, 0) is 38.7 Å². The molecule has 0 saturated carbocycles. The number of rotatable bonds is 6. The quantitative estimate of drug-likeness (QED) is 0.846. The SMILES string of the molecule is CCc1ncc(C(=O)NCCC2(c3ccccc3)CCOC(C)(C)C2)cn1. The summed E-state index contributed by atoms with van der Waals surface area (Å²) in [7, 11) is 0. The summed E-state index contributed by atoms with van der Waals surface area (Å²) in [4.78, 5) is 20.9. The molecule has 0 bridgehead atoms. The highest BCUT2D eigenvalue weighted by Crippen LogP contribution is 2.43. The molecule has 1 saturated heterocycles. The third-order valence-corrected chi connectivity index (χ3v) is 5.40. The van der Waals surface area contributed by atoms with Crippen molar-refractivity contribution in [2.24, 2.45) is 0 Å². The summed E-state index contributed by atoms with van der Waals surface area (Å²) in [6.45, 7) is 7.64.